The van der Waals surface area contributed by atoms with Crippen molar-refractivity contribution in [1.82, 2.24) is 14.2 Å². The maximum Gasteiger partial charge on any atom is 0.242 e. The number of aryl methyl sites for hydroxylation is 1. The Hall–Kier alpha value is -0.890. The molecule has 6 nitrogen and oxygen atoms in total. The molecule has 1 fully saturated rings. The first-order chi connectivity index (χ1) is 9.53. The average molecular weight is 300 g/mol. The van der Waals surface area contributed by atoms with Crippen molar-refractivity contribution >= 4 is 10.0 Å². The number of piperidine rings is 1. The van der Waals surface area contributed by atoms with Gasteiger partial charge in [0.25, 0.3) is 0 Å². The maximum absolute atomic E-state index is 12.2. The van der Waals surface area contributed by atoms with Crippen LogP contribution in [0.15, 0.2) is 17.2 Å². The van der Waals surface area contributed by atoms with Gasteiger partial charge in [-0.05, 0) is 32.0 Å². The summed E-state index contributed by atoms with van der Waals surface area (Å²) >= 11 is 0. The van der Waals surface area contributed by atoms with E-state index in [9.17, 15) is 8.42 Å². The van der Waals surface area contributed by atoms with Gasteiger partial charge in [-0.2, -0.15) is 0 Å². The zero-order valence-corrected chi connectivity index (χ0v) is 12.8. The van der Waals surface area contributed by atoms with E-state index in [1.54, 1.807) is 23.9 Å². The number of nitrogens with zero attached hydrogens (tertiary/aromatic N) is 2. The highest BCUT2D eigenvalue weighted by Crippen LogP contribution is 2.13. The van der Waals surface area contributed by atoms with Crippen molar-refractivity contribution < 1.29 is 8.42 Å². The second kappa shape index (κ2) is 6.71. The summed E-state index contributed by atoms with van der Waals surface area (Å²) in [4.78, 5) is 2.60. The van der Waals surface area contributed by atoms with E-state index in [0.29, 0.717) is 18.0 Å². The van der Waals surface area contributed by atoms with Crippen LogP contribution in [0.25, 0.3) is 0 Å². The van der Waals surface area contributed by atoms with Crippen LogP contribution in [0, 0.1) is 0 Å². The molecule has 1 aromatic heterocycles. The van der Waals surface area contributed by atoms with Gasteiger partial charge in [0.15, 0.2) is 0 Å². The number of hydrogen-bond acceptors (Lipinski definition) is 4. The molecule has 1 aliphatic heterocycles. The van der Waals surface area contributed by atoms with Gasteiger partial charge in [0.2, 0.25) is 10.0 Å². The second-order valence-corrected chi connectivity index (χ2v) is 7.05. The molecule has 2 heterocycles. The Kier molecular flexibility index (Phi) is 5.20. The fourth-order valence-corrected chi connectivity index (χ4v) is 3.65. The van der Waals surface area contributed by atoms with Crippen LogP contribution in [0.5, 0.6) is 0 Å². The number of aromatic nitrogens is 1. The zero-order chi connectivity index (χ0) is 14.6. The lowest BCUT2D eigenvalue weighted by molar-refractivity contribution is 0.233. The van der Waals surface area contributed by atoms with E-state index < -0.39 is 10.0 Å². The first-order valence-electron chi connectivity index (χ1n) is 7.10. The predicted molar refractivity (Wildman–Crippen MR) is 78.8 cm³/mol. The highest BCUT2D eigenvalue weighted by atomic mass is 32.2. The first kappa shape index (κ1) is 15.5. The van der Waals surface area contributed by atoms with Gasteiger partial charge >= 0.3 is 0 Å². The van der Waals surface area contributed by atoms with Crippen LogP contribution in [-0.2, 0) is 23.6 Å². The van der Waals surface area contributed by atoms with Crippen LogP contribution < -0.4 is 10.5 Å². The highest BCUT2D eigenvalue weighted by Gasteiger charge is 2.17. The van der Waals surface area contributed by atoms with E-state index in [1.165, 1.54) is 19.3 Å². The molecule has 0 amide bonds. The monoisotopic (exact) mass is 300 g/mol. The quantitative estimate of drug-likeness (QED) is 0.789. The molecule has 114 valence electrons. The third-order valence-corrected chi connectivity index (χ3v) is 5.20. The van der Waals surface area contributed by atoms with E-state index in [4.69, 9.17) is 5.73 Å². The number of sulfonamides is 1. The molecule has 20 heavy (non-hydrogen) atoms. The molecular formula is C13H24N4O2S. The summed E-state index contributed by atoms with van der Waals surface area (Å²) < 4.78 is 28.8. The van der Waals surface area contributed by atoms with Gasteiger partial charge in [-0.15, -0.1) is 0 Å². The van der Waals surface area contributed by atoms with Gasteiger partial charge in [0.05, 0.1) is 4.90 Å². The molecule has 0 unspecified atom stereocenters. The Labute approximate surface area is 121 Å². The fraction of sp³-hybridized carbons (Fsp3) is 0.692. The molecule has 0 bridgehead atoms. The fourth-order valence-electron chi connectivity index (χ4n) is 2.53. The molecule has 1 aromatic rings. The Balaban J connectivity index is 1.89. The van der Waals surface area contributed by atoms with Crippen LogP contribution in [0.1, 0.15) is 25.0 Å². The van der Waals surface area contributed by atoms with Crippen molar-refractivity contribution in [3.05, 3.63) is 18.0 Å². The molecule has 1 saturated heterocycles. The number of rotatable bonds is 6. The van der Waals surface area contributed by atoms with Crippen LogP contribution >= 0.6 is 0 Å². The molecule has 1 aliphatic rings. The van der Waals surface area contributed by atoms with Gasteiger partial charge in [-0.3, -0.25) is 0 Å². The van der Waals surface area contributed by atoms with Crippen molar-refractivity contribution in [2.45, 2.75) is 30.7 Å². The minimum Gasteiger partial charge on any atom is -0.352 e. The molecule has 0 spiro atoms. The Bertz CT molecular complexity index is 533. The standard InChI is InChI=1S/C13H24N4O2S/c1-16-11-13(9-12(16)10-14)20(18,19)15-5-8-17-6-3-2-4-7-17/h9,11,15H,2-8,10,14H2,1H3. The number of nitrogens with two attached hydrogens (primary N) is 1. The van der Waals surface area contributed by atoms with Crippen molar-refractivity contribution in [3.63, 3.8) is 0 Å². The molecule has 0 saturated carbocycles. The maximum atomic E-state index is 12.2. The molecule has 7 heteroatoms. The second-order valence-electron chi connectivity index (χ2n) is 5.28. The molecule has 0 radical (unpaired) electrons. The van der Waals surface area contributed by atoms with Crippen LogP contribution in [0.2, 0.25) is 0 Å². The summed E-state index contributed by atoms with van der Waals surface area (Å²) in [5.74, 6) is 0. The van der Waals surface area contributed by atoms with E-state index in [0.717, 1.165) is 25.3 Å². The Morgan fingerprint density at radius 2 is 2.00 bits per heavy atom. The number of hydrogen-bond donors (Lipinski definition) is 2. The molecule has 0 aliphatic carbocycles. The molecule has 0 atom stereocenters. The predicted octanol–water partition coefficient (Wildman–Crippen LogP) is 0.248. The normalized spacial score (nSPS) is 17.5. The minimum absolute atomic E-state index is 0.291. The smallest absolute Gasteiger partial charge is 0.242 e. The van der Waals surface area contributed by atoms with Gasteiger partial charge in [0.1, 0.15) is 0 Å². The summed E-state index contributed by atoms with van der Waals surface area (Å²) in [5.41, 5.74) is 6.37. The largest absolute Gasteiger partial charge is 0.352 e. The number of nitrogens with one attached hydrogen (secondary N) is 1. The molecule has 0 aromatic carbocycles. The lowest BCUT2D eigenvalue weighted by Gasteiger charge is -2.26. The lowest BCUT2D eigenvalue weighted by atomic mass is 10.1. The Morgan fingerprint density at radius 1 is 1.30 bits per heavy atom. The van der Waals surface area contributed by atoms with Gasteiger partial charge < -0.3 is 15.2 Å². The zero-order valence-electron chi connectivity index (χ0n) is 12.0. The van der Waals surface area contributed by atoms with Crippen LogP contribution in [0.4, 0.5) is 0 Å². The third-order valence-electron chi connectivity index (χ3n) is 3.77. The lowest BCUT2D eigenvalue weighted by Crippen LogP contribution is -2.37. The van der Waals surface area contributed by atoms with E-state index in [-0.39, 0.29) is 0 Å². The summed E-state index contributed by atoms with van der Waals surface area (Å²) in [7, 11) is -1.63. The highest BCUT2D eigenvalue weighted by molar-refractivity contribution is 7.89. The van der Waals surface area contributed by atoms with Gasteiger partial charge in [0, 0.05) is 38.6 Å². The van der Waals surface area contributed by atoms with Crippen molar-refractivity contribution in [1.29, 1.82) is 0 Å². The third kappa shape index (κ3) is 3.82. The van der Waals surface area contributed by atoms with Crippen molar-refractivity contribution in [2.24, 2.45) is 12.8 Å². The Morgan fingerprint density at radius 3 is 2.60 bits per heavy atom. The summed E-state index contributed by atoms with van der Waals surface area (Å²) in [5, 5.41) is 0. The van der Waals surface area contributed by atoms with E-state index in [2.05, 4.69) is 9.62 Å². The molecule has 3 N–H and O–H groups in total. The van der Waals surface area contributed by atoms with Crippen LogP contribution in [0.3, 0.4) is 0 Å². The summed E-state index contributed by atoms with van der Waals surface area (Å²) in [6, 6.07) is 1.63. The SMILES string of the molecule is Cn1cc(S(=O)(=O)NCCN2CCCCC2)cc1CN. The van der Waals surface area contributed by atoms with Crippen molar-refractivity contribution in [2.75, 3.05) is 26.2 Å². The average Bonchev–Trinajstić information content (AvgIpc) is 2.82. The molecular weight excluding hydrogens is 276 g/mol. The van der Waals surface area contributed by atoms with Crippen molar-refractivity contribution in [3.8, 4) is 0 Å². The summed E-state index contributed by atoms with van der Waals surface area (Å²) in [6.07, 6.45) is 5.32. The number of likely N-dealkylation sites (tertiary alicyclic amines) is 1. The summed E-state index contributed by atoms with van der Waals surface area (Å²) in [6.45, 7) is 3.71. The van der Waals surface area contributed by atoms with E-state index in [1.807, 2.05) is 0 Å². The minimum atomic E-state index is -3.43. The first-order valence-corrected chi connectivity index (χ1v) is 8.58. The van der Waals surface area contributed by atoms with Gasteiger partial charge in [-0.25, -0.2) is 13.1 Å². The van der Waals surface area contributed by atoms with Gasteiger partial charge in [-0.1, -0.05) is 6.42 Å². The van der Waals surface area contributed by atoms with Crippen LogP contribution in [-0.4, -0.2) is 44.1 Å². The topological polar surface area (TPSA) is 80.4 Å². The molecule has 2 rings (SSSR count). The van der Waals surface area contributed by atoms with E-state index >= 15 is 0 Å².